The smallest absolute Gasteiger partial charge is 0.350 e. The molecule has 0 aliphatic heterocycles. The van der Waals surface area contributed by atoms with Crippen LogP contribution >= 0.6 is 11.3 Å². The van der Waals surface area contributed by atoms with Crippen molar-refractivity contribution in [1.82, 2.24) is 0 Å². The van der Waals surface area contributed by atoms with Gasteiger partial charge in [0.15, 0.2) is 0 Å². The number of methoxy groups -OCH3 is 1. The largest absolute Gasteiger partial charge is 0.465 e. The molecule has 0 bridgehead atoms. The lowest BCUT2D eigenvalue weighted by molar-refractivity contribution is -0.120. The van der Waals surface area contributed by atoms with E-state index in [0.717, 1.165) is 25.7 Å². The van der Waals surface area contributed by atoms with Gasteiger partial charge in [0.2, 0.25) is 5.91 Å². The number of esters is 1. The Morgan fingerprint density at radius 3 is 2.74 bits per heavy atom. The quantitative estimate of drug-likeness (QED) is 0.776. The molecule has 0 spiro atoms. The number of carbonyl (C=O) groups is 2. The fraction of sp³-hybridized carbons (Fsp3) is 0.571. The van der Waals surface area contributed by atoms with E-state index >= 15 is 0 Å². The predicted octanol–water partition coefficient (Wildman–Crippen LogP) is 3.69. The number of ether oxygens (including phenoxy) is 1. The fourth-order valence-corrected chi connectivity index (χ4v) is 2.63. The monoisotopic (exact) mass is 283 g/mol. The highest BCUT2D eigenvalue weighted by Gasteiger charge is 2.20. The molecule has 5 heteroatoms. The Kier molecular flexibility index (Phi) is 6.56. The van der Waals surface area contributed by atoms with Crippen LogP contribution in [0.15, 0.2) is 11.4 Å². The van der Waals surface area contributed by atoms with Crippen LogP contribution in [-0.4, -0.2) is 19.0 Å². The predicted molar refractivity (Wildman–Crippen MR) is 77.6 cm³/mol. The molecule has 1 aromatic rings. The van der Waals surface area contributed by atoms with Gasteiger partial charge >= 0.3 is 5.97 Å². The van der Waals surface area contributed by atoms with Gasteiger partial charge in [-0.05, 0) is 24.3 Å². The molecule has 1 N–H and O–H groups in total. The van der Waals surface area contributed by atoms with Crippen molar-refractivity contribution >= 4 is 28.9 Å². The standard InChI is InChI=1S/C14H21NO3S/c1-4-6-7-10(5-2)13(16)15-11-8-9-19-12(11)14(17)18-3/h8-10H,4-7H2,1-3H3,(H,15,16). The first-order valence-corrected chi connectivity index (χ1v) is 7.48. The third-order valence-electron chi connectivity index (χ3n) is 3.06. The van der Waals surface area contributed by atoms with Crippen molar-refractivity contribution in [2.45, 2.75) is 39.5 Å². The summed E-state index contributed by atoms with van der Waals surface area (Å²) >= 11 is 1.27. The first kappa shape index (κ1) is 15.7. The highest BCUT2D eigenvalue weighted by Crippen LogP contribution is 2.24. The van der Waals surface area contributed by atoms with Gasteiger partial charge in [-0.15, -0.1) is 11.3 Å². The zero-order chi connectivity index (χ0) is 14.3. The maximum absolute atomic E-state index is 12.2. The van der Waals surface area contributed by atoms with Gasteiger partial charge in [-0.2, -0.15) is 0 Å². The molecular formula is C14H21NO3S. The zero-order valence-corrected chi connectivity index (χ0v) is 12.5. The van der Waals surface area contributed by atoms with E-state index < -0.39 is 5.97 Å². The van der Waals surface area contributed by atoms with Gasteiger partial charge in [0.05, 0.1) is 12.8 Å². The number of unbranched alkanes of at least 4 members (excludes halogenated alkanes) is 1. The minimum atomic E-state index is -0.410. The summed E-state index contributed by atoms with van der Waals surface area (Å²) in [6.45, 7) is 4.12. The lowest BCUT2D eigenvalue weighted by Gasteiger charge is -2.14. The SMILES string of the molecule is CCCCC(CC)C(=O)Nc1ccsc1C(=O)OC. The minimum absolute atomic E-state index is 0.00495. The van der Waals surface area contributed by atoms with Crippen LogP contribution in [0.5, 0.6) is 0 Å². The highest BCUT2D eigenvalue weighted by atomic mass is 32.1. The van der Waals surface area contributed by atoms with Crippen LogP contribution in [0.25, 0.3) is 0 Å². The normalized spacial score (nSPS) is 11.9. The van der Waals surface area contributed by atoms with E-state index in [1.807, 2.05) is 6.92 Å². The van der Waals surface area contributed by atoms with Crippen molar-refractivity contribution in [3.8, 4) is 0 Å². The molecule has 4 nitrogen and oxygen atoms in total. The van der Waals surface area contributed by atoms with Crippen LogP contribution in [0.1, 0.15) is 49.2 Å². The summed E-state index contributed by atoms with van der Waals surface area (Å²) in [6.07, 6.45) is 3.81. The molecule has 106 valence electrons. The van der Waals surface area contributed by atoms with Gasteiger partial charge in [0.1, 0.15) is 4.88 Å². The molecule has 1 atom stereocenters. The number of rotatable bonds is 7. The van der Waals surface area contributed by atoms with E-state index in [9.17, 15) is 9.59 Å². The average molecular weight is 283 g/mol. The van der Waals surface area contributed by atoms with Gasteiger partial charge in [0, 0.05) is 5.92 Å². The van der Waals surface area contributed by atoms with Crippen LogP contribution in [0, 0.1) is 5.92 Å². The third kappa shape index (κ3) is 4.35. The zero-order valence-electron chi connectivity index (χ0n) is 11.7. The van der Waals surface area contributed by atoms with Gasteiger partial charge in [0.25, 0.3) is 0 Å². The number of thiophene rings is 1. The molecule has 1 amide bonds. The van der Waals surface area contributed by atoms with Crippen molar-refractivity contribution in [2.24, 2.45) is 5.92 Å². The molecule has 0 saturated carbocycles. The molecule has 19 heavy (non-hydrogen) atoms. The first-order valence-electron chi connectivity index (χ1n) is 6.60. The molecule has 0 aromatic carbocycles. The lowest BCUT2D eigenvalue weighted by Crippen LogP contribution is -2.23. The Balaban J connectivity index is 2.70. The molecule has 0 aliphatic carbocycles. The Bertz CT molecular complexity index is 428. The van der Waals surface area contributed by atoms with E-state index in [-0.39, 0.29) is 11.8 Å². The van der Waals surface area contributed by atoms with Crippen molar-refractivity contribution in [2.75, 3.05) is 12.4 Å². The number of nitrogens with one attached hydrogen (secondary N) is 1. The lowest BCUT2D eigenvalue weighted by atomic mass is 9.98. The highest BCUT2D eigenvalue weighted by molar-refractivity contribution is 7.12. The van der Waals surface area contributed by atoms with Crippen LogP contribution < -0.4 is 5.32 Å². The Morgan fingerprint density at radius 1 is 1.42 bits per heavy atom. The number of carbonyl (C=O) groups excluding carboxylic acids is 2. The second kappa shape index (κ2) is 7.94. The molecule has 0 radical (unpaired) electrons. The summed E-state index contributed by atoms with van der Waals surface area (Å²) in [5.41, 5.74) is 0.553. The second-order valence-corrected chi connectivity index (χ2v) is 5.31. The summed E-state index contributed by atoms with van der Waals surface area (Å²) < 4.78 is 4.69. The number of hydrogen-bond acceptors (Lipinski definition) is 4. The Labute approximate surface area is 118 Å². The van der Waals surface area contributed by atoms with Gasteiger partial charge in [-0.1, -0.05) is 26.7 Å². The summed E-state index contributed by atoms with van der Waals surface area (Å²) in [5.74, 6) is -0.420. The topological polar surface area (TPSA) is 55.4 Å². The average Bonchev–Trinajstić information content (AvgIpc) is 2.86. The van der Waals surface area contributed by atoms with E-state index in [2.05, 4.69) is 17.0 Å². The number of hydrogen-bond donors (Lipinski definition) is 1. The third-order valence-corrected chi connectivity index (χ3v) is 3.96. The van der Waals surface area contributed by atoms with Crippen LogP contribution in [0.3, 0.4) is 0 Å². The second-order valence-electron chi connectivity index (χ2n) is 4.39. The molecule has 1 aromatic heterocycles. The Hall–Kier alpha value is -1.36. The fourth-order valence-electron chi connectivity index (χ4n) is 1.86. The van der Waals surface area contributed by atoms with E-state index in [1.54, 1.807) is 11.4 Å². The van der Waals surface area contributed by atoms with Gasteiger partial charge in [-0.25, -0.2) is 4.79 Å². The Morgan fingerprint density at radius 2 is 2.16 bits per heavy atom. The summed E-state index contributed by atoms with van der Waals surface area (Å²) in [6, 6.07) is 1.74. The summed E-state index contributed by atoms with van der Waals surface area (Å²) in [7, 11) is 1.34. The summed E-state index contributed by atoms with van der Waals surface area (Å²) in [5, 5.41) is 4.61. The van der Waals surface area contributed by atoms with Crippen molar-refractivity contribution < 1.29 is 14.3 Å². The molecule has 1 unspecified atom stereocenters. The van der Waals surface area contributed by atoms with E-state index in [1.165, 1.54) is 18.4 Å². The van der Waals surface area contributed by atoms with Crippen LogP contribution in [0.2, 0.25) is 0 Å². The van der Waals surface area contributed by atoms with E-state index in [0.29, 0.717) is 10.6 Å². The molecule has 0 saturated heterocycles. The molecule has 1 heterocycles. The number of amides is 1. The van der Waals surface area contributed by atoms with E-state index in [4.69, 9.17) is 0 Å². The summed E-state index contributed by atoms with van der Waals surface area (Å²) in [4.78, 5) is 24.1. The van der Waals surface area contributed by atoms with Crippen LogP contribution in [-0.2, 0) is 9.53 Å². The van der Waals surface area contributed by atoms with Crippen molar-refractivity contribution in [3.05, 3.63) is 16.3 Å². The molecule has 0 fully saturated rings. The van der Waals surface area contributed by atoms with Gasteiger partial charge in [-0.3, -0.25) is 4.79 Å². The maximum Gasteiger partial charge on any atom is 0.350 e. The molecular weight excluding hydrogens is 262 g/mol. The van der Waals surface area contributed by atoms with Crippen molar-refractivity contribution in [1.29, 1.82) is 0 Å². The van der Waals surface area contributed by atoms with Crippen molar-refractivity contribution in [3.63, 3.8) is 0 Å². The number of anilines is 1. The van der Waals surface area contributed by atoms with Crippen LogP contribution in [0.4, 0.5) is 5.69 Å². The first-order chi connectivity index (χ1) is 9.13. The maximum atomic E-state index is 12.2. The minimum Gasteiger partial charge on any atom is -0.465 e. The molecule has 1 rings (SSSR count). The molecule has 0 aliphatic rings. The van der Waals surface area contributed by atoms with Gasteiger partial charge < -0.3 is 10.1 Å².